The zero-order valence-electron chi connectivity index (χ0n) is 12.7. The fraction of sp³-hybridized carbons (Fsp3) is 0.800. The van der Waals surface area contributed by atoms with E-state index in [1.54, 1.807) is 11.3 Å². The van der Waals surface area contributed by atoms with Gasteiger partial charge in [-0.15, -0.1) is 11.3 Å². The fourth-order valence-electron chi connectivity index (χ4n) is 2.51. The molecule has 0 aromatic carbocycles. The van der Waals surface area contributed by atoms with Crippen molar-refractivity contribution in [2.24, 2.45) is 0 Å². The smallest absolute Gasteiger partial charge is 0.107 e. The van der Waals surface area contributed by atoms with E-state index >= 15 is 0 Å². The quantitative estimate of drug-likeness (QED) is 0.749. The van der Waals surface area contributed by atoms with E-state index in [1.165, 1.54) is 36.4 Å². The molecule has 114 valence electrons. The van der Waals surface area contributed by atoms with Gasteiger partial charge in [0.05, 0.1) is 11.8 Å². The Hall–Kier alpha value is -0.490. The second-order valence-corrected chi connectivity index (χ2v) is 6.54. The van der Waals surface area contributed by atoms with Crippen LogP contribution in [0.4, 0.5) is 0 Å². The molecule has 1 unspecified atom stereocenters. The monoisotopic (exact) mass is 297 g/mol. The van der Waals surface area contributed by atoms with Crippen LogP contribution in [0.2, 0.25) is 0 Å². The first-order chi connectivity index (χ1) is 9.78. The van der Waals surface area contributed by atoms with Crippen molar-refractivity contribution < 1.29 is 4.74 Å². The minimum atomic E-state index is 0.415. The predicted molar refractivity (Wildman–Crippen MR) is 84.0 cm³/mol. The van der Waals surface area contributed by atoms with Crippen LogP contribution in [0.25, 0.3) is 0 Å². The number of hydrogen-bond donors (Lipinski definition) is 1. The van der Waals surface area contributed by atoms with Gasteiger partial charge in [-0.25, -0.2) is 4.98 Å². The molecule has 1 fully saturated rings. The first-order valence-electron chi connectivity index (χ1n) is 7.72. The third-order valence-electron chi connectivity index (χ3n) is 3.52. The molecule has 0 aliphatic carbocycles. The van der Waals surface area contributed by atoms with E-state index in [0.717, 1.165) is 32.8 Å². The van der Waals surface area contributed by atoms with Crippen molar-refractivity contribution >= 4 is 11.3 Å². The van der Waals surface area contributed by atoms with Crippen LogP contribution in [-0.2, 0) is 17.8 Å². The Morgan fingerprint density at radius 2 is 2.40 bits per heavy atom. The standard InChI is InChI=1S/C15H27N3OS/c1-3-7-16-9-15-17-13(12-20-15)10-18(2)11-14-6-4-5-8-19-14/h12,14,16H,3-11H2,1-2H3. The molecule has 0 bridgehead atoms. The van der Waals surface area contributed by atoms with Crippen LogP contribution in [0.1, 0.15) is 43.3 Å². The Morgan fingerprint density at radius 3 is 3.15 bits per heavy atom. The lowest BCUT2D eigenvalue weighted by atomic mass is 10.1. The minimum absolute atomic E-state index is 0.415. The van der Waals surface area contributed by atoms with Gasteiger partial charge in [0.25, 0.3) is 0 Å². The molecule has 4 nitrogen and oxygen atoms in total. The molecule has 0 amide bonds. The van der Waals surface area contributed by atoms with Gasteiger partial charge in [0.2, 0.25) is 0 Å². The molecular weight excluding hydrogens is 270 g/mol. The topological polar surface area (TPSA) is 37.4 Å². The highest BCUT2D eigenvalue weighted by Gasteiger charge is 2.16. The summed E-state index contributed by atoms with van der Waals surface area (Å²) in [4.78, 5) is 7.02. The first-order valence-corrected chi connectivity index (χ1v) is 8.60. The molecule has 2 heterocycles. The number of ether oxygens (including phenoxy) is 1. The molecule has 1 aliphatic rings. The van der Waals surface area contributed by atoms with Crippen molar-refractivity contribution in [3.05, 3.63) is 16.1 Å². The van der Waals surface area contributed by atoms with Crippen molar-refractivity contribution in [3.63, 3.8) is 0 Å². The summed E-state index contributed by atoms with van der Waals surface area (Å²) < 4.78 is 5.79. The number of hydrogen-bond acceptors (Lipinski definition) is 5. The molecule has 0 radical (unpaired) electrons. The molecular formula is C15H27N3OS. The Morgan fingerprint density at radius 1 is 1.50 bits per heavy atom. The zero-order valence-corrected chi connectivity index (χ0v) is 13.5. The zero-order chi connectivity index (χ0) is 14.2. The number of nitrogens with one attached hydrogen (secondary N) is 1. The Labute approximate surface area is 126 Å². The number of likely N-dealkylation sites (N-methyl/N-ethyl adjacent to an activating group) is 1. The Bertz CT molecular complexity index is 377. The summed E-state index contributed by atoms with van der Waals surface area (Å²) in [6, 6.07) is 0. The van der Waals surface area contributed by atoms with E-state index in [-0.39, 0.29) is 0 Å². The van der Waals surface area contributed by atoms with Gasteiger partial charge in [-0.05, 0) is 39.3 Å². The van der Waals surface area contributed by atoms with E-state index < -0.39 is 0 Å². The lowest BCUT2D eigenvalue weighted by molar-refractivity contribution is -0.00272. The van der Waals surface area contributed by atoms with Gasteiger partial charge >= 0.3 is 0 Å². The van der Waals surface area contributed by atoms with Gasteiger partial charge < -0.3 is 10.1 Å². The molecule has 0 spiro atoms. The van der Waals surface area contributed by atoms with E-state index in [4.69, 9.17) is 4.74 Å². The second kappa shape index (κ2) is 8.72. The van der Waals surface area contributed by atoms with Crippen LogP contribution < -0.4 is 5.32 Å². The molecule has 5 heteroatoms. The molecule has 1 aliphatic heterocycles. The van der Waals surface area contributed by atoms with Gasteiger partial charge in [0.1, 0.15) is 5.01 Å². The largest absolute Gasteiger partial charge is 0.377 e. The van der Waals surface area contributed by atoms with Crippen molar-refractivity contribution in [1.82, 2.24) is 15.2 Å². The number of rotatable bonds is 8. The lowest BCUT2D eigenvalue weighted by Crippen LogP contribution is -2.33. The summed E-state index contributed by atoms with van der Waals surface area (Å²) in [5, 5.41) is 6.77. The van der Waals surface area contributed by atoms with E-state index in [1.807, 2.05) is 0 Å². The summed E-state index contributed by atoms with van der Waals surface area (Å²) in [5.74, 6) is 0. The van der Waals surface area contributed by atoms with Gasteiger partial charge in [0.15, 0.2) is 0 Å². The highest BCUT2D eigenvalue weighted by molar-refractivity contribution is 7.09. The molecule has 2 rings (SSSR count). The van der Waals surface area contributed by atoms with Crippen LogP contribution in [-0.4, -0.2) is 42.7 Å². The predicted octanol–water partition coefficient (Wildman–Crippen LogP) is 2.64. The third-order valence-corrected chi connectivity index (χ3v) is 4.42. The first kappa shape index (κ1) is 15.9. The number of aromatic nitrogens is 1. The molecule has 0 saturated carbocycles. The van der Waals surface area contributed by atoms with E-state index in [2.05, 4.69) is 34.6 Å². The highest BCUT2D eigenvalue weighted by atomic mass is 32.1. The summed E-state index contributed by atoms with van der Waals surface area (Å²) in [5.41, 5.74) is 1.18. The van der Waals surface area contributed by atoms with Gasteiger partial charge in [-0.3, -0.25) is 4.90 Å². The maximum Gasteiger partial charge on any atom is 0.107 e. The van der Waals surface area contributed by atoms with E-state index in [0.29, 0.717) is 6.10 Å². The van der Waals surface area contributed by atoms with Crippen LogP contribution >= 0.6 is 11.3 Å². The average Bonchev–Trinajstić information content (AvgIpc) is 2.87. The minimum Gasteiger partial charge on any atom is -0.377 e. The Balaban J connectivity index is 1.71. The molecule has 1 saturated heterocycles. The third kappa shape index (κ3) is 5.48. The van der Waals surface area contributed by atoms with Gasteiger partial charge in [-0.2, -0.15) is 0 Å². The Kier molecular flexibility index (Phi) is 6.93. The second-order valence-electron chi connectivity index (χ2n) is 5.59. The molecule has 1 aromatic heterocycles. The molecule has 1 N–H and O–H groups in total. The SMILES string of the molecule is CCCNCc1nc(CN(C)CC2CCCCO2)cs1. The van der Waals surface area contributed by atoms with Crippen molar-refractivity contribution in [2.75, 3.05) is 26.7 Å². The maximum absolute atomic E-state index is 5.79. The van der Waals surface area contributed by atoms with Crippen LogP contribution in [0, 0.1) is 0 Å². The number of thiazole rings is 1. The number of nitrogens with zero attached hydrogens (tertiary/aromatic N) is 2. The molecule has 1 atom stereocenters. The lowest BCUT2D eigenvalue weighted by Gasteiger charge is -2.26. The fourth-order valence-corrected chi connectivity index (χ4v) is 3.27. The van der Waals surface area contributed by atoms with Gasteiger partial charge in [0, 0.05) is 31.6 Å². The molecule has 1 aromatic rings. The summed E-state index contributed by atoms with van der Waals surface area (Å²) >= 11 is 1.76. The summed E-state index contributed by atoms with van der Waals surface area (Å²) in [7, 11) is 2.16. The van der Waals surface area contributed by atoms with E-state index in [9.17, 15) is 0 Å². The summed E-state index contributed by atoms with van der Waals surface area (Å²) in [6.07, 6.45) is 5.32. The van der Waals surface area contributed by atoms with Crippen molar-refractivity contribution in [1.29, 1.82) is 0 Å². The van der Waals surface area contributed by atoms with Gasteiger partial charge in [-0.1, -0.05) is 6.92 Å². The van der Waals surface area contributed by atoms with Crippen LogP contribution in [0.5, 0.6) is 0 Å². The van der Waals surface area contributed by atoms with Crippen LogP contribution in [0.15, 0.2) is 5.38 Å². The maximum atomic E-state index is 5.79. The average molecular weight is 297 g/mol. The van der Waals surface area contributed by atoms with Crippen LogP contribution in [0.3, 0.4) is 0 Å². The van der Waals surface area contributed by atoms with Crippen molar-refractivity contribution in [3.8, 4) is 0 Å². The molecule has 20 heavy (non-hydrogen) atoms. The van der Waals surface area contributed by atoms with Crippen molar-refractivity contribution in [2.45, 2.75) is 51.8 Å². The normalized spacial score (nSPS) is 19.6. The summed E-state index contributed by atoms with van der Waals surface area (Å²) in [6.45, 7) is 7.01. The highest BCUT2D eigenvalue weighted by Crippen LogP contribution is 2.15.